The first kappa shape index (κ1) is 20.6. The summed E-state index contributed by atoms with van der Waals surface area (Å²) in [6.45, 7) is 6.30. The van der Waals surface area contributed by atoms with E-state index in [0.29, 0.717) is 24.3 Å². The van der Waals surface area contributed by atoms with Crippen molar-refractivity contribution in [2.45, 2.75) is 11.8 Å². The number of carbonyl (C=O) groups is 1. The van der Waals surface area contributed by atoms with Crippen LogP contribution < -0.4 is 9.21 Å². The number of quaternary nitrogens is 1. The third-order valence-corrected chi connectivity index (χ3v) is 7.46. The molecule has 28 heavy (non-hydrogen) atoms. The van der Waals surface area contributed by atoms with Crippen LogP contribution in [0.25, 0.3) is 0 Å². The summed E-state index contributed by atoms with van der Waals surface area (Å²) in [5.41, 5.74) is 0.860. The summed E-state index contributed by atoms with van der Waals surface area (Å²) in [6.07, 6.45) is 0. The zero-order valence-corrected chi connectivity index (χ0v) is 17.6. The molecule has 1 N–H and O–H groups in total. The molecule has 150 valence electrons. The number of piperazine rings is 1. The van der Waals surface area contributed by atoms with Gasteiger partial charge >= 0.3 is 0 Å². The highest BCUT2D eigenvalue weighted by molar-refractivity contribution is 7.93. The van der Waals surface area contributed by atoms with Gasteiger partial charge in [0.25, 0.3) is 15.9 Å². The highest BCUT2D eigenvalue weighted by atomic mass is 35.5. The molecule has 1 aliphatic heterocycles. The fourth-order valence-corrected chi connectivity index (χ4v) is 5.02. The van der Waals surface area contributed by atoms with Crippen LogP contribution in [0.3, 0.4) is 0 Å². The molecule has 2 aromatic carbocycles. The average Bonchev–Trinajstić information content (AvgIpc) is 2.73. The molecule has 6 nitrogen and oxygen atoms in total. The summed E-state index contributed by atoms with van der Waals surface area (Å²) in [5, 5.41) is 0.0968. The Bertz CT molecular complexity index is 942. The summed E-state index contributed by atoms with van der Waals surface area (Å²) in [6, 6.07) is 13.2. The summed E-state index contributed by atoms with van der Waals surface area (Å²) in [7, 11) is -2.42. The first-order chi connectivity index (χ1) is 13.3. The van der Waals surface area contributed by atoms with Crippen LogP contribution in [-0.2, 0) is 10.0 Å². The molecule has 0 aliphatic carbocycles. The van der Waals surface area contributed by atoms with Gasteiger partial charge in [-0.1, -0.05) is 29.8 Å². The summed E-state index contributed by atoms with van der Waals surface area (Å²) < 4.78 is 27.4. The van der Waals surface area contributed by atoms with E-state index in [0.717, 1.165) is 19.6 Å². The Morgan fingerprint density at radius 3 is 2.39 bits per heavy atom. The third-order valence-electron chi connectivity index (χ3n) is 5.19. The lowest BCUT2D eigenvalue weighted by atomic mass is 10.2. The molecule has 2 aromatic rings. The van der Waals surface area contributed by atoms with Gasteiger partial charge in [-0.15, -0.1) is 0 Å². The monoisotopic (exact) mass is 422 g/mol. The van der Waals surface area contributed by atoms with Gasteiger partial charge in [0, 0.05) is 12.6 Å². The second-order valence-electron chi connectivity index (χ2n) is 6.85. The zero-order valence-electron chi connectivity index (χ0n) is 16.1. The Balaban J connectivity index is 1.88. The summed E-state index contributed by atoms with van der Waals surface area (Å²) in [4.78, 5) is 16.1. The van der Waals surface area contributed by atoms with Crippen LogP contribution in [0.5, 0.6) is 0 Å². The quantitative estimate of drug-likeness (QED) is 0.794. The maximum Gasteiger partial charge on any atom is 0.265 e. The van der Waals surface area contributed by atoms with E-state index in [2.05, 4.69) is 6.92 Å². The van der Waals surface area contributed by atoms with Gasteiger partial charge in [0.2, 0.25) is 0 Å². The first-order valence-corrected chi connectivity index (χ1v) is 11.1. The van der Waals surface area contributed by atoms with E-state index in [4.69, 9.17) is 11.6 Å². The molecule has 0 radical (unpaired) electrons. The van der Waals surface area contributed by atoms with Crippen molar-refractivity contribution in [3.8, 4) is 0 Å². The van der Waals surface area contributed by atoms with Crippen molar-refractivity contribution in [2.75, 3.05) is 44.1 Å². The van der Waals surface area contributed by atoms with Gasteiger partial charge < -0.3 is 9.80 Å². The maximum atomic E-state index is 13.1. The number of nitrogens with zero attached hydrogens (tertiary/aromatic N) is 2. The van der Waals surface area contributed by atoms with Gasteiger partial charge in [-0.2, -0.15) is 0 Å². The molecule has 0 saturated carbocycles. The fraction of sp³-hybridized carbons (Fsp3) is 0.350. The SMILES string of the molecule is CC[NH+]1CCN(C(=O)c2ccc(Cl)c(S(=O)(=O)N(C)c3ccccc3)c2)CC1. The van der Waals surface area contributed by atoms with Gasteiger partial charge in [0.1, 0.15) is 4.90 Å². The van der Waals surface area contributed by atoms with Gasteiger partial charge in [0.15, 0.2) is 0 Å². The topological polar surface area (TPSA) is 62.1 Å². The average molecular weight is 423 g/mol. The molecule has 0 bridgehead atoms. The molecule has 1 amide bonds. The van der Waals surface area contributed by atoms with E-state index in [1.165, 1.54) is 28.4 Å². The molecular formula is C20H25ClN3O3S+. The van der Waals surface area contributed by atoms with Crippen LogP contribution in [0.2, 0.25) is 5.02 Å². The number of hydrogen-bond donors (Lipinski definition) is 1. The Kier molecular flexibility index (Phi) is 6.27. The lowest BCUT2D eigenvalue weighted by molar-refractivity contribution is -0.902. The van der Waals surface area contributed by atoms with E-state index >= 15 is 0 Å². The van der Waals surface area contributed by atoms with Crippen LogP contribution in [0.1, 0.15) is 17.3 Å². The number of amides is 1. The molecule has 3 rings (SSSR count). The number of sulfonamides is 1. The molecule has 8 heteroatoms. The Morgan fingerprint density at radius 2 is 1.79 bits per heavy atom. The Hall–Kier alpha value is -2.09. The number of hydrogen-bond acceptors (Lipinski definition) is 3. The van der Waals surface area contributed by atoms with Crippen molar-refractivity contribution >= 4 is 33.2 Å². The number of benzene rings is 2. The fourth-order valence-electron chi connectivity index (χ4n) is 3.32. The van der Waals surface area contributed by atoms with Crippen molar-refractivity contribution in [2.24, 2.45) is 0 Å². The smallest absolute Gasteiger partial charge is 0.265 e. The van der Waals surface area contributed by atoms with E-state index < -0.39 is 10.0 Å². The minimum Gasteiger partial charge on any atom is -0.332 e. The molecule has 1 aliphatic rings. The van der Waals surface area contributed by atoms with Crippen molar-refractivity contribution < 1.29 is 18.1 Å². The standard InChI is InChI=1S/C20H24ClN3O3S/c1-3-23-11-13-24(14-12-23)20(25)16-9-10-18(21)19(15-16)28(26,27)22(2)17-7-5-4-6-8-17/h4-10,15H,3,11-14H2,1-2H3/p+1. The Labute approximate surface area is 171 Å². The number of nitrogens with one attached hydrogen (secondary N) is 1. The second kappa shape index (κ2) is 8.51. The largest absolute Gasteiger partial charge is 0.332 e. The highest BCUT2D eigenvalue weighted by Gasteiger charge is 2.28. The van der Waals surface area contributed by atoms with Crippen LogP contribution in [0, 0.1) is 0 Å². The number of carbonyl (C=O) groups excluding carboxylic acids is 1. The van der Waals surface area contributed by atoms with Crippen molar-refractivity contribution in [1.29, 1.82) is 0 Å². The number of para-hydroxylation sites is 1. The van der Waals surface area contributed by atoms with Crippen LogP contribution >= 0.6 is 11.6 Å². The van der Waals surface area contributed by atoms with Crippen LogP contribution in [0.4, 0.5) is 5.69 Å². The molecule has 1 fully saturated rings. The predicted octanol–water partition coefficient (Wildman–Crippen LogP) is 1.53. The number of likely N-dealkylation sites (N-methyl/N-ethyl adjacent to an activating group) is 1. The molecule has 1 heterocycles. The minimum absolute atomic E-state index is 0.0656. The number of halogens is 1. The molecule has 0 spiro atoms. The molecule has 1 saturated heterocycles. The van der Waals surface area contributed by atoms with Crippen molar-refractivity contribution in [3.05, 3.63) is 59.1 Å². The summed E-state index contributed by atoms with van der Waals surface area (Å²) >= 11 is 6.21. The van der Waals surface area contributed by atoms with Gasteiger partial charge in [0.05, 0.1) is 43.4 Å². The predicted molar refractivity (Wildman–Crippen MR) is 111 cm³/mol. The summed E-state index contributed by atoms with van der Waals surface area (Å²) in [5.74, 6) is -0.161. The Morgan fingerprint density at radius 1 is 1.14 bits per heavy atom. The number of anilines is 1. The third kappa shape index (κ3) is 4.16. The van der Waals surface area contributed by atoms with E-state index in [1.807, 2.05) is 6.07 Å². The van der Waals surface area contributed by atoms with Gasteiger partial charge in [-0.3, -0.25) is 9.10 Å². The van der Waals surface area contributed by atoms with Gasteiger partial charge in [-0.05, 0) is 37.3 Å². The van der Waals surface area contributed by atoms with E-state index in [9.17, 15) is 13.2 Å². The van der Waals surface area contributed by atoms with Crippen molar-refractivity contribution in [3.63, 3.8) is 0 Å². The van der Waals surface area contributed by atoms with E-state index in [-0.39, 0.29) is 15.8 Å². The molecule has 0 unspecified atom stereocenters. The van der Waals surface area contributed by atoms with Gasteiger partial charge in [-0.25, -0.2) is 8.42 Å². The first-order valence-electron chi connectivity index (χ1n) is 9.31. The molecule has 0 aromatic heterocycles. The van der Waals surface area contributed by atoms with Crippen LogP contribution in [0.15, 0.2) is 53.4 Å². The zero-order chi connectivity index (χ0) is 20.3. The van der Waals surface area contributed by atoms with E-state index in [1.54, 1.807) is 35.2 Å². The van der Waals surface area contributed by atoms with Crippen LogP contribution in [-0.4, -0.2) is 59.0 Å². The lowest BCUT2D eigenvalue weighted by Gasteiger charge is -2.31. The minimum atomic E-state index is -3.90. The molecule has 0 atom stereocenters. The highest BCUT2D eigenvalue weighted by Crippen LogP contribution is 2.28. The number of rotatable bonds is 5. The van der Waals surface area contributed by atoms with Crippen molar-refractivity contribution in [1.82, 2.24) is 4.90 Å². The lowest BCUT2D eigenvalue weighted by Crippen LogP contribution is -3.14. The normalized spacial score (nSPS) is 15.5. The maximum absolute atomic E-state index is 13.1. The second-order valence-corrected chi connectivity index (χ2v) is 9.19. The molecular weight excluding hydrogens is 398 g/mol.